The van der Waals surface area contributed by atoms with Crippen LogP contribution in [-0.4, -0.2) is 41.1 Å². The first-order valence-electron chi connectivity index (χ1n) is 10.5. The Labute approximate surface area is 199 Å². The molecule has 0 saturated carbocycles. The quantitative estimate of drug-likeness (QED) is 0.455. The number of hydrogen-bond donors (Lipinski definition) is 1. The average molecular weight is 481 g/mol. The van der Waals surface area contributed by atoms with Gasteiger partial charge in [-0.25, -0.2) is 0 Å². The van der Waals surface area contributed by atoms with Gasteiger partial charge in [-0.3, -0.25) is 9.59 Å². The molecule has 2 amide bonds. The molecule has 0 aromatic heterocycles. The van der Waals surface area contributed by atoms with E-state index in [1.54, 1.807) is 23.1 Å². The van der Waals surface area contributed by atoms with Crippen molar-refractivity contribution < 1.29 is 9.59 Å². The Hall–Kier alpha value is -1.69. The van der Waals surface area contributed by atoms with Gasteiger partial charge in [0.15, 0.2) is 0 Å². The topological polar surface area (TPSA) is 49.4 Å². The molecule has 0 bridgehead atoms. The van der Waals surface area contributed by atoms with Crippen molar-refractivity contribution in [3.05, 3.63) is 69.7 Å². The first kappa shape index (κ1) is 25.6. The van der Waals surface area contributed by atoms with Crippen LogP contribution >= 0.6 is 35.0 Å². The Morgan fingerprint density at radius 3 is 2.26 bits per heavy atom. The number of thioether (sulfide) groups is 1. The summed E-state index contributed by atoms with van der Waals surface area (Å²) < 4.78 is 0. The number of carbonyl (C=O) groups excluding carboxylic acids is 2. The lowest BCUT2D eigenvalue weighted by Crippen LogP contribution is -2.51. The van der Waals surface area contributed by atoms with Gasteiger partial charge in [0.25, 0.3) is 0 Å². The summed E-state index contributed by atoms with van der Waals surface area (Å²) in [6, 6.07) is 14.9. The van der Waals surface area contributed by atoms with Crippen LogP contribution < -0.4 is 5.32 Å². The largest absolute Gasteiger partial charge is 0.352 e. The van der Waals surface area contributed by atoms with Crippen LogP contribution in [0.3, 0.4) is 0 Å². The molecule has 7 heteroatoms. The minimum absolute atomic E-state index is 0.0179. The molecule has 4 nitrogen and oxygen atoms in total. The minimum atomic E-state index is -0.497. The average Bonchev–Trinajstić information content (AvgIpc) is 2.73. The summed E-state index contributed by atoms with van der Waals surface area (Å²) in [6.45, 7) is 6.26. The fourth-order valence-electron chi connectivity index (χ4n) is 3.27. The summed E-state index contributed by atoms with van der Waals surface area (Å²) in [5.41, 5.74) is 1.96. The van der Waals surface area contributed by atoms with Crippen LogP contribution in [0.4, 0.5) is 0 Å². The summed E-state index contributed by atoms with van der Waals surface area (Å²) in [4.78, 5) is 27.7. The second-order valence-corrected chi connectivity index (χ2v) is 9.40. The summed E-state index contributed by atoms with van der Waals surface area (Å²) in [5, 5.41) is 4.14. The number of hydrogen-bond acceptors (Lipinski definition) is 3. The standard InChI is InChI=1S/C24H30Cl2N2O2S/c1-4-22(24(30)27-17(2)3)28(14-13-18-9-6-5-7-10-18)23(29)16-31-15-19-20(25)11-8-12-21(19)26/h5-12,17,22H,4,13-16H2,1-3H3,(H,27,30). The molecule has 0 spiro atoms. The van der Waals surface area contributed by atoms with Gasteiger partial charge in [-0.2, -0.15) is 0 Å². The summed E-state index contributed by atoms with van der Waals surface area (Å²) in [6.07, 6.45) is 1.25. The van der Waals surface area contributed by atoms with Crippen molar-refractivity contribution in [1.82, 2.24) is 10.2 Å². The first-order chi connectivity index (χ1) is 14.8. The molecule has 1 atom stereocenters. The van der Waals surface area contributed by atoms with E-state index >= 15 is 0 Å². The van der Waals surface area contributed by atoms with E-state index in [-0.39, 0.29) is 23.6 Å². The lowest BCUT2D eigenvalue weighted by molar-refractivity contribution is -0.139. The van der Waals surface area contributed by atoms with Crippen molar-refractivity contribution in [2.24, 2.45) is 0 Å². The molecule has 0 aliphatic heterocycles. The van der Waals surface area contributed by atoms with Crippen LogP contribution in [0.15, 0.2) is 48.5 Å². The lowest BCUT2D eigenvalue weighted by Gasteiger charge is -2.31. The number of nitrogens with one attached hydrogen (secondary N) is 1. The number of carbonyl (C=O) groups is 2. The van der Waals surface area contributed by atoms with E-state index in [9.17, 15) is 9.59 Å². The third-order valence-electron chi connectivity index (χ3n) is 4.83. The molecule has 2 aromatic carbocycles. The fourth-order valence-corrected chi connectivity index (χ4v) is 4.92. The smallest absolute Gasteiger partial charge is 0.242 e. The monoisotopic (exact) mass is 480 g/mol. The minimum Gasteiger partial charge on any atom is -0.352 e. The van der Waals surface area contributed by atoms with Crippen LogP contribution in [0.25, 0.3) is 0 Å². The van der Waals surface area contributed by atoms with Crippen LogP contribution in [0.2, 0.25) is 10.0 Å². The van der Waals surface area contributed by atoms with E-state index in [0.717, 1.165) is 11.1 Å². The molecule has 1 N–H and O–H groups in total. The molecule has 2 aromatic rings. The molecule has 31 heavy (non-hydrogen) atoms. The van der Waals surface area contributed by atoms with Crippen LogP contribution in [0.5, 0.6) is 0 Å². The maximum absolute atomic E-state index is 13.2. The predicted octanol–water partition coefficient (Wildman–Crippen LogP) is 5.60. The van der Waals surface area contributed by atoms with Crippen molar-refractivity contribution in [2.45, 2.75) is 51.4 Å². The van der Waals surface area contributed by atoms with E-state index < -0.39 is 6.04 Å². The van der Waals surface area contributed by atoms with Crippen molar-refractivity contribution in [3.8, 4) is 0 Å². The highest BCUT2D eigenvalue weighted by molar-refractivity contribution is 7.99. The van der Waals surface area contributed by atoms with Gasteiger partial charge in [-0.15, -0.1) is 11.8 Å². The molecule has 0 heterocycles. The van der Waals surface area contributed by atoms with E-state index in [1.807, 2.05) is 51.1 Å². The van der Waals surface area contributed by atoms with Crippen molar-refractivity contribution in [3.63, 3.8) is 0 Å². The van der Waals surface area contributed by atoms with Crippen molar-refractivity contribution in [1.29, 1.82) is 0 Å². The third kappa shape index (κ3) is 8.06. The Kier molecular flexibility index (Phi) is 10.7. The number of benzene rings is 2. The zero-order valence-corrected chi connectivity index (χ0v) is 20.6. The molecule has 1 unspecified atom stereocenters. The molecule has 0 fully saturated rings. The number of nitrogens with zero attached hydrogens (tertiary/aromatic N) is 1. The Balaban J connectivity index is 2.09. The highest BCUT2D eigenvalue weighted by Gasteiger charge is 2.28. The molecule has 0 saturated heterocycles. The number of amides is 2. The highest BCUT2D eigenvalue weighted by atomic mass is 35.5. The van der Waals surface area contributed by atoms with E-state index in [2.05, 4.69) is 5.32 Å². The molecular weight excluding hydrogens is 451 g/mol. The third-order valence-corrected chi connectivity index (χ3v) is 6.49. The Morgan fingerprint density at radius 2 is 1.68 bits per heavy atom. The molecule has 0 aliphatic carbocycles. The zero-order chi connectivity index (χ0) is 22.8. The van der Waals surface area contributed by atoms with Crippen molar-refractivity contribution in [2.75, 3.05) is 12.3 Å². The zero-order valence-electron chi connectivity index (χ0n) is 18.2. The van der Waals surface area contributed by atoms with E-state index in [0.29, 0.717) is 35.2 Å². The van der Waals surface area contributed by atoms with Gasteiger partial charge in [0.05, 0.1) is 5.75 Å². The molecular formula is C24H30Cl2N2O2S. The van der Waals surface area contributed by atoms with Gasteiger partial charge in [0, 0.05) is 28.4 Å². The Bertz CT molecular complexity index is 842. The van der Waals surface area contributed by atoms with Gasteiger partial charge >= 0.3 is 0 Å². The van der Waals surface area contributed by atoms with Gasteiger partial charge in [-0.05, 0) is 49.9 Å². The van der Waals surface area contributed by atoms with Gasteiger partial charge < -0.3 is 10.2 Å². The van der Waals surface area contributed by atoms with Crippen molar-refractivity contribution >= 4 is 46.8 Å². The predicted molar refractivity (Wildman–Crippen MR) is 132 cm³/mol. The first-order valence-corrected chi connectivity index (χ1v) is 12.4. The molecule has 2 rings (SSSR count). The lowest BCUT2D eigenvalue weighted by atomic mass is 10.1. The van der Waals surface area contributed by atoms with Crippen LogP contribution in [0.1, 0.15) is 38.3 Å². The van der Waals surface area contributed by atoms with Crippen LogP contribution in [-0.2, 0) is 21.8 Å². The van der Waals surface area contributed by atoms with E-state index in [1.165, 1.54) is 11.8 Å². The van der Waals surface area contributed by atoms with Crippen LogP contribution in [0, 0.1) is 0 Å². The highest BCUT2D eigenvalue weighted by Crippen LogP contribution is 2.28. The molecule has 0 aliphatic rings. The molecule has 0 radical (unpaired) electrons. The SMILES string of the molecule is CCC(C(=O)NC(C)C)N(CCc1ccccc1)C(=O)CSCc1c(Cl)cccc1Cl. The fraction of sp³-hybridized carbons (Fsp3) is 0.417. The van der Waals surface area contributed by atoms with Gasteiger partial charge in [0.2, 0.25) is 11.8 Å². The molecule has 168 valence electrons. The maximum atomic E-state index is 13.2. The van der Waals surface area contributed by atoms with Gasteiger partial charge in [-0.1, -0.05) is 66.5 Å². The number of rotatable bonds is 11. The van der Waals surface area contributed by atoms with Gasteiger partial charge in [0.1, 0.15) is 6.04 Å². The summed E-state index contributed by atoms with van der Waals surface area (Å²) >= 11 is 13.9. The second kappa shape index (κ2) is 13.0. The normalized spacial score (nSPS) is 11.9. The van der Waals surface area contributed by atoms with E-state index in [4.69, 9.17) is 23.2 Å². The number of halogens is 2. The summed E-state index contributed by atoms with van der Waals surface area (Å²) in [7, 11) is 0. The second-order valence-electron chi connectivity index (χ2n) is 7.60. The maximum Gasteiger partial charge on any atom is 0.242 e. The Morgan fingerprint density at radius 1 is 1.03 bits per heavy atom. The summed E-state index contributed by atoms with van der Waals surface area (Å²) in [5.74, 6) is 0.612.